The van der Waals surface area contributed by atoms with E-state index in [-0.39, 0.29) is 12.5 Å². The molecular formula is C14H14ClNO4. The summed E-state index contributed by atoms with van der Waals surface area (Å²) in [6, 6.07) is 4.58. The molecule has 0 saturated carbocycles. The fourth-order valence-electron chi connectivity index (χ4n) is 1.70. The summed E-state index contributed by atoms with van der Waals surface area (Å²) in [6.45, 7) is 1.67. The van der Waals surface area contributed by atoms with Crippen molar-refractivity contribution < 1.29 is 13.9 Å². The molecule has 1 amide bonds. The molecule has 0 spiro atoms. The monoisotopic (exact) mass is 295 g/mol. The molecule has 6 heteroatoms. The largest absolute Gasteiger partial charge is 0.482 e. The number of ether oxygens (including phenoxy) is 1. The van der Waals surface area contributed by atoms with Gasteiger partial charge in [0.25, 0.3) is 5.91 Å². The van der Waals surface area contributed by atoms with E-state index in [1.165, 1.54) is 17.0 Å². The topological polar surface area (TPSA) is 59.8 Å². The molecule has 0 N–H and O–H groups in total. The molecule has 1 aromatic heterocycles. The number of fused-ring (bicyclic) bond motifs is 1. The average molecular weight is 296 g/mol. The van der Waals surface area contributed by atoms with E-state index in [4.69, 9.17) is 20.8 Å². The second-order valence-corrected chi connectivity index (χ2v) is 5.01. The molecular weight excluding hydrogens is 282 g/mol. The number of halogens is 1. The van der Waals surface area contributed by atoms with Crippen LogP contribution in [-0.4, -0.2) is 31.5 Å². The third-order valence-corrected chi connectivity index (χ3v) is 3.15. The quantitative estimate of drug-likeness (QED) is 0.815. The molecule has 0 saturated heterocycles. The number of likely N-dealkylation sites (N-methyl/N-ethyl adjacent to an activating group) is 1. The van der Waals surface area contributed by atoms with Gasteiger partial charge in [-0.15, -0.1) is 0 Å². The summed E-state index contributed by atoms with van der Waals surface area (Å²) >= 11 is 6.11. The first-order valence-electron chi connectivity index (χ1n) is 5.95. The molecule has 1 heterocycles. The van der Waals surface area contributed by atoms with Crippen LogP contribution in [0.1, 0.15) is 5.56 Å². The lowest BCUT2D eigenvalue weighted by molar-refractivity contribution is -0.130. The molecule has 0 aliphatic carbocycles. The number of rotatable bonds is 3. The molecule has 0 aliphatic heterocycles. The Morgan fingerprint density at radius 2 is 2.05 bits per heavy atom. The smallest absolute Gasteiger partial charge is 0.336 e. The van der Waals surface area contributed by atoms with Gasteiger partial charge < -0.3 is 14.1 Å². The summed E-state index contributed by atoms with van der Waals surface area (Å²) in [5.41, 5.74) is 0.716. The van der Waals surface area contributed by atoms with Crippen molar-refractivity contribution in [1.82, 2.24) is 4.90 Å². The number of hydrogen-bond acceptors (Lipinski definition) is 4. The molecule has 0 radical (unpaired) electrons. The van der Waals surface area contributed by atoms with Crippen molar-refractivity contribution in [1.29, 1.82) is 0 Å². The number of hydrogen-bond donors (Lipinski definition) is 0. The average Bonchev–Trinajstić information content (AvgIpc) is 2.36. The lowest BCUT2D eigenvalue weighted by Gasteiger charge is -2.12. The first kappa shape index (κ1) is 14.4. The maximum atomic E-state index is 11.5. The van der Waals surface area contributed by atoms with E-state index in [0.29, 0.717) is 16.4 Å². The molecule has 0 aliphatic rings. The van der Waals surface area contributed by atoms with Gasteiger partial charge >= 0.3 is 5.63 Å². The van der Waals surface area contributed by atoms with Crippen LogP contribution in [0.2, 0.25) is 5.02 Å². The molecule has 0 fully saturated rings. The van der Waals surface area contributed by atoms with E-state index in [0.717, 1.165) is 10.9 Å². The van der Waals surface area contributed by atoms with Crippen LogP contribution < -0.4 is 10.4 Å². The number of benzene rings is 1. The van der Waals surface area contributed by atoms with E-state index in [1.54, 1.807) is 27.1 Å². The fraction of sp³-hybridized carbons (Fsp3) is 0.286. The minimum Gasteiger partial charge on any atom is -0.482 e. The maximum absolute atomic E-state index is 11.5. The molecule has 106 valence electrons. The molecule has 2 aromatic rings. The van der Waals surface area contributed by atoms with Gasteiger partial charge in [-0.05, 0) is 18.6 Å². The molecule has 0 unspecified atom stereocenters. The summed E-state index contributed by atoms with van der Waals surface area (Å²) in [6.07, 6.45) is 0. The third kappa shape index (κ3) is 2.93. The Morgan fingerprint density at radius 1 is 1.35 bits per heavy atom. The van der Waals surface area contributed by atoms with Gasteiger partial charge in [0.1, 0.15) is 11.3 Å². The number of nitrogens with zero attached hydrogens (tertiary/aromatic N) is 1. The van der Waals surface area contributed by atoms with Gasteiger partial charge in [-0.25, -0.2) is 4.79 Å². The Bertz CT molecular complexity index is 721. The summed E-state index contributed by atoms with van der Waals surface area (Å²) in [5.74, 6) is 0.120. The van der Waals surface area contributed by atoms with Crippen LogP contribution in [0.5, 0.6) is 5.75 Å². The second kappa shape index (κ2) is 5.54. The summed E-state index contributed by atoms with van der Waals surface area (Å²) in [5, 5.41) is 1.10. The lowest BCUT2D eigenvalue weighted by Crippen LogP contribution is -2.27. The van der Waals surface area contributed by atoms with E-state index in [2.05, 4.69) is 0 Å². The van der Waals surface area contributed by atoms with E-state index < -0.39 is 5.63 Å². The van der Waals surface area contributed by atoms with Crippen LogP contribution in [-0.2, 0) is 4.79 Å². The summed E-state index contributed by atoms with van der Waals surface area (Å²) in [4.78, 5) is 24.3. The third-order valence-electron chi connectivity index (χ3n) is 2.85. The van der Waals surface area contributed by atoms with Crippen LogP contribution in [0, 0.1) is 6.92 Å². The Hall–Kier alpha value is -2.01. The Morgan fingerprint density at radius 3 is 2.70 bits per heavy atom. The minimum atomic E-state index is -0.437. The SMILES string of the molecule is Cc1cc(=O)oc2cc(OCC(=O)N(C)C)c(Cl)cc12. The van der Waals surface area contributed by atoms with Gasteiger partial charge in [0, 0.05) is 31.6 Å². The highest BCUT2D eigenvalue weighted by Gasteiger charge is 2.11. The molecule has 2 rings (SSSR count). The first-order chi connectivity index (χ1) is 9.38. The molecule has 5 nitrogen and oxygen atoms in total. The Balaban J connectivity index is 2.38. The highest BCUT2D eigenvalue weighted by molar-refractivity contribution is 6.32. The zero-order chi connectivity index (χ0) is 14.9. The zero-order valence-electron chi connectivity index (χ0n) is 11.4. The van der Waals surface area contributed by atoms with Crippen LogP contribution in [0.4, 0.5) is 0 Å². The van der Waals surface area contributed by atoms with Crippen LogP contribution in [0.15, 0.2) is 27.4 Å². The molecule has 1 aromatic carbocycles. The van der Waals surface area contributed by atoms with Crippen molar-refractivity contribution in [2.45, 2.75) is 6.92 Å². The van der Waals surface area contributed by atoms with Crippen molar-refractivity contribution >= 4 is 28.5 Å². The highest BCUT2D eigenvalue weighted by Crippen LogP contribution is 2.30. The van der Waals surface area contributed by atoms with Crippen molar-refractivity contribution in [3.05, 3.63) is 39.2 Å². The normalized spacial score (nSPS) is 10.6. The fourth-order valence-corrected chi connectivity index (χ4v) is 1.92. The van der Waals surface area contributed by atoms with Crippen LogP contribution in [0.25, 0.3) is 11.0 Å². The Labute approximate surface area is 120 Å². The summed E-state index contributed by atoms with van der Waals surface area (Å²) in [7, 11) is 3.27. The van der Waals surface area contributed by atoms with E-state index in [1.807, 2.05) is 0 Å². The van der Waals surface area contributed by atoms with Crippen LogP contribution >= 0.6 is 11.6 Å². The van der Waals surface area contributed by atoms with Gasteiger partial charge in [-0.2, -0.15) is 0 Å². The molecule has 20 heavy (non-hydrogen) atoms. The molecule has 0 atom stereocenters. The van der Waals surface area contributed by atoms with Crippen molar-refractivity contribution in [2.24, 2.45) is 0 Å². The van der Waals surface area contributed by atoms with Crippen molar-refractivity contribution in [2.75, 3.05) is 20.7 Å². The summed E-state index contributed by atoms with van der Waals surface area (Å²) < 4.78 is 10.5. The van der Waals surface area contributed by atoms with Crippen molar-refractivity contribution in [3.63, 3.8) is 0 Å². The van der Waals surface area contributed by atoms with Gasteiger partial charge in [0.2, 0.25) is 0 Å². The minimum absolute atomic E-state index is 0.131. The lowest BCUT2D eigenvalue weighted by atomic mass is 10.1. The second-order valence-electron chi connectivity index (χ2n) is 4.60. The first-order valence-corrected chi connectivity index (χ1v) is 6.33. The van der Waals surface area contributed by atoms with E-state index >= 15 is 0 Å². The standard InChI is InChI=1S/C14H14ClNO4/c1-8-4-14(18)20-11-6-12(10(15)5-9(8)11)19-7-13(17)16(2)3/h4-6H,7H2,1-3H3. The maximum Gasteiger partial charge on any atom is 0.336 e. The number of amides is 1. The van der Waals surface area contributed by atoms with Crippen molar-refractivity contribution in [3.8, 4) is 5.75 Å². The zero-order valence-corrected chi connectivity index (χ0v) is 12.2. The van der Waals surface area contributed by atoms with E-state index in [9.17, 15) is 9.59 Å². The number of carbonyl (C=O) groups is 1. The van der Waals surface area contributed by atoms with Gasteiger partial charge in [-0.1, -0.05) is 11.6 Å². The Kier molecular flexibility index (Phi) is 3.99. The van der Waals surface area contributed by atoms with Crippen LogP contribution in [0.3, 0.4) is 0 Å². The molecule has 0 bridgehead atoms. The highest BCUT2D eigenvalue weighted by atomic mass is 35.5. The van der Waals surface area contributed by atoms with Gasteiger partial charge in [0.05, 0.1) is 5.02 Å². The number of aryl methyl sites for hydroxylation is 1. The number of carbonyl (C=O) groups excluding carboxylic acids is 1. The predicted molar refractivity (Wildman–Crippen MR) is 76.4 cm³/mol. The van der Waals surface area contributed by atoms with Gasteiger partial charge in [-0.3, -0.25) is 4.79 Å². The predicted octanol–water partition coefficient (Wildman–Crippen LogP) is 2.22. The van der Waals surface area contributed by atoms with Gasteiger partial charge in [0.15, 0.2) is 6.61 Å².